The molecule has 2 N–H and O–H groups in total. The first-order valence-electron chi connectivity index (χ1n) is 5.45. The van der Waals surface area contributed by atoms with Crippen LogP contribution in [0, 0.1) is 0 Å². The molecule has 2 nitrogen and oxygen atoms in total. The van der Waals surface area contributed by atoms with E-state index in [9.17, 15) is 13.2 Å². The highest BCUT2D eigenvalue weighted by Crippen LogP contribution is 2.30. The Labute approximate surface area is 107 Å². The molecule has 98 valence electrons. The van der Waals surface area contributed by atoms with Crippen molar-refractivity contribution in [3.63, 3.8) is 0 Å². The van der Waals surface area contributed by atoms with E-state index in [0.717, 1.165) is 5.52 Å². The monoisotopic (exact) mass is 276 g/mol. The minimum absolute atomic E-state index is 0.230. The molecule has 0 amide bonds. The van der Waals surface area contributed by atoms with Gasteiger partial charge in [0.15, 0.2) is 0 Å². The van der Waals surface area contributed by atoms with Crippen LogP contribution in [0.5, 0.6) is 0 Å². The second-order valence-electron chi connectivity index (χ2n) is 4.09. The average molecular weight is 277 g/mol. The molecule has 0 unspecified atom stereocenters. The lowest BCUT2D eigenvalue weighted by Crippen LogP contribution is -2.11. The van der Waals surface area contributed by atoms with Gasteiger partial charge >= 0.3 is 6.18 Å². The van der Waals surface area contributed by atoms with Crippen LogP contribution in [0.2, 0.25) is 5.02 Å². The van der Waals surface area contributed by atoms with Crippen LogP contribution < -0.4 is 5.73 Å². The van der Waals surface area contributed by atoms with Gasteiger partial charge in [-0.2, -0.15) is 13.2 Å². The average Bonchev–Trinajstić information content (AvgIpc) is 2.55. The van der Waals surface area contributed by atoms with Gasteiger partial charge in [-0.3, -0.25) is 0 Å². The first-order chi connectivity index (χ1) is 8.40. The van der Waals surface area contributed by atoms with E-state index in [1.807, 2.05) is 0 Å². The highest BCUT2D eigenvalue weighted by Gasteiger charge is 2.29. The van der Waals surface area contributed by atoms with E-state index in [1.165, 1.54) is 6.20 Å². The number of alkyl halides is 3. The van der Waals surface area contributed by atoms with Gasteiger partial charge in [-0.25, -0.2) is 0 Å². The van der Waals surface area contributed by atoms with Gasteiger partial charge in [0.1, 0.15) is 0 Å². The fourth-order valence-electron chi connectivity index (χ4n) is 2.02. The molecule has 2 aromatic rings. The van der Waals surface area contributed by atoms with E-state index in [4.69, 9.17) is 17.3 Å². The molecule has 0 fully saturated rings. The van der Waals surface area contributed by atoms with Crippen molar-refractivity contribution in [2.24, 2.45) is 5.73 Å². The first-order valence-corrected chi connectivity index (χ1v) is 5.82. The second-order valence-corrected chi connectivity index (χ2v) is 4.53. The number of rotatable bonds is 3. The van der Waals surface area contributed by atoms with Crippen LogP contribution in [0.3, 0.4) is 0 Å². The summed E-state index contributed by atoms with van der Waals surface area (Å²) >= 11 is 5.83. The molecule has 0 radical (unpaired) electrons. The van der Waals surface area contributed by atoms with Gasteiger partial charge < -0.3 is 10.3 Å². The minimum atomic E-state index is -4.23. The number of benzene rings is 1. The Balaban J connectivity index is 2.54. The van der Waals surface area contributed by atoms with E-state index in [1.54, 1.807) is 22.8 Å². The zero-order chi connectivity index (χ0) is 13.3. The predicted octanol–water partition coefficient (Wildman–Crippen LogP) is 3.36. The maximum absolute atomic E-state index is 12.5. The lowest BCUT2D eigenvalue weighted by molar-refractivity contribution is -0.127. The largest absolute Gasteiger partial charge is 0.393 e. The number of aromatic nitrogens is 1. The third-order valence-electron chi connectivity index (χ3n) is 2.69. The zero-order valence-corrected chi connectivity index (χ0v) is 10.2. The number of nitrogens with zero attached hydrogens (tertiary/aromatic N) is 1. The van der Waals surface area contributed by atoms with E-state index in [-0.39, 0.29) is 5.56 Å². The van der Waals surface area contributed by atoms with Crippen LogP contribution in [-0.4, -0.2) is 17.3 Å². The molecular formula is C12H12ClF3N2. The van der Waals surface area contributed by atoms with Crippen molar-refractivity contribution < 1.29 is 13.2 Å². The molecule has 0 saturated heterocycles. The van der Waals surface area contributed by atoms with Crippen molar-refractivity contribution >= 4 is 22.5 Å². The predicted molar refractivity (Wildman–Crippen MR) is 65.8 cm³/mol. The Morgan fingerprint density at radius 2 is 2.00 bits per heavy atom. The summed E-state index contributed by atoms with van der Waals surface area (Å²) in [6, 6.07) is 4.94. The van der Waals surface area contributed by atoms with Gasteiger partial charge in [-0.05, 0) is 23.8 Å². The number of fused-ring (bicyclic) bond motifs is 1. The molecule has 6 heteroatoms. The van der Waals surface area contributed by atoms with Crippen LogP contribution in [-0.2, 0) is 13.0 Å². The molecule has 18 heavy (non-hydrogen) atoms. The molecule has 0 aliphatic carbocycles. The topological polar surface area (TPSA) is 30.9 Å². The SMILES string of the molecule is NCCn1cc(CC(F)(F)F)c2cc(Cl)ccc21. The first kappa shape index (κ1) is 13.2. The lowest BCUT2D eigenvalue weighted by atomic mass is 10.1. The van der Waals surface area contributed by atoms with Gasteiger partial charge in [0.2, 0.25) is 0 Å². The Morgan fingerprint density at radius 3 is 2.61 bits per heavy atom. The van der Waals surface area contributed by atoms with Crippen molar-refractivity contribution in [3.05, 3.63) is 35.0 Å². The van der Waals surface area contributed by atoms with E-state index >= 15 is 0 Å². The van der Waals surface area contributed by atoms with Gasteiger partial charge in [-0.1, -0.05) is 11.6 Å². The zero-order valence-electron chi connectivity index (χ0n) is 9.47. The molecule has 0 aliphatic rings. The summed E-state index contributed by atoms with van der Waals surface area (Å²) in [5.74, 6) is 0. The quantitative estimate of drug-likeness (QED) is 0.916. The second kappa shape index (κ2) is 4.82. The van der Waals surface area contributed by atoms with Crippen LogP contribution in [0.4, 0.5) is 13.2 Å². The summed E-state index contributed by atoms with van der Waals surface area (Å²) in [4.78, 5) is 0. The highest BCUT2D eigenvalue weighted by molar-refractivity contribution is 6.31. The fraction of sp³-hybridized carbons (Fsp3) is 0.333. The van der Waals surface area contributed by atoms with E-state index in [2.05, 4.69) is 0 Å². The summed E-state index contributed by atoms with van der Waals surface area (Å²) in [7, 11) is 0. The van der Waals surface area contributed by atoms with E-state index in [0.29, 0.717) is 23.5 Å². The molecule has 0 spiro atoms. The summed E-state index contributed by atoms with van der Waals surface area (Å²) in [5, 5.41) is 0.963. The standard InChI is InChI=1S/C12H12ClF3N2/c13-9-1-2-11-10(5-9)8(6-12(14,15)16)7-18(11)4-3-17/h1-2,5,7H,3-4,6,17H2. The number of hydrogen-bond donors (Lipinski definition) is 1. The number of halogens is 4. The van der Waals surface area contributed by atoms with E-state index < -0.39 is 12.6 Å². The van der Waals surface area contributed by atoms with Crippen molar-refractivity contribution in [2.45, 2.75) is 19.1 Å². The van der Waals surface area contributed by atoms with Gasteiger partial charge in [0, 0.05) is 35.2 Å². The Kier molecular flexibility index (Phi) is 3.54. The molecular weight excluding hydrogens is 265 g/mol. The molecule has 0 atom stereocenters. The van der Waals surface area contributed by atoms with Crippen LogP contribution >= 0.6 is 11.6 Å². The summed E-state index contributed by atoms with van der Waals surface area (Å²) in [6.07, 6.45) is -3.69. The number of hydrogen-bond acceptors (Lipinski definition) is 1. The van der Waals surface area contributed by atoms with Gasteiger partial charge in [-0.15, -0.1) is 0 Å². The molecule has 0 aliphatic heterocycles. The molecule has 1 aromatic carbocycles. The van der Waals surface area contributed by atoms with Crippen LogP contribution in [0.25, 0.3) is 10.9 Å². The van der Waals surface area contributed by atoms with Gasteiger partial charge in [0.25, 0.3) is 0 Å². The van der Waals surface area contributed by atoms with Crippen LogP contribution in [0.15, 0.2) is 24.4 Å². The summed E-state index contributed by atoms with van der Waals surface area (Å²) in [5.41, 5.74) is 6.40. The lowest BCUT2D eigenvalue weighted by Gasteiger charge is -2.04. The normalized spacial score (nSPS) is 12.3. The maximum Gasteiger partial charge on any atom is 0.393 e. The van der Waals surface area contributed by atoms with Gasteiger partial charge in [0.05, 0.1) is 6.42 Å². The summed E-state index contributed by atoms with van der Waals surface area (Å²) < 4.78 is 39.2. The van der Waals surface area contributed by atoms with Crippen molar-refractivity contribution in [1.29, 1.82) is 0 Å². The van der Waals surface area contributed by atoms with Crippen molar-refractivity contribution in [3.8, 4) is 0 Å². The molecule has 1 heterocycles. The van der Waals surface area contributed by atoms with Crippen molar-refractivity contribution in [1.82, 2.24) is 4.57 Å². The molecule has 1 aromatic heterocycles. The van der Waals surface area contributed by atoms with Crippen molar-refractivity contribution in [2.75, 3.05) is 6.54 Å². The maximum atomic E-state index is 12.5. The van der Waals surface area contributed by atoms with Crippen LogP contribution in [0.1, 0.15) is 5.56 Å². The third kappa shape index (κ3) is 2.79. The Morgan fingerprint density at radius 1 is 1.28 bits per heavy atom. The Bertz CT molecular complexity index is 560. The molecule has 0 bridgehead atoms. The fourth-order valence-corrected chi connectivity index (χ4v) is 2.20. The highest BCUT2D eigenvalue weighted by atomic mass is 35.5. The molecule has 0 saturated carbocycles. The third-order valence-corrected chi connectivity index (χ3v) is 2.92. The minimum Gasteiger partial charge on any atom is -0.346 e. The summed E-state index contributed by atoms with van der Waals surface area (Å²) in [6.45, 7) is 0.855. The number of nitrogens with two attached hydrogens (primary N) is 1. The molecule has 2 rings (SSSR count). The smallest absolute Gasteiger partial charge is 0.346 e. The Hall–Kier alpha value is -1.20.